The Balaban J connectivity index is 1.73. The Bertz CT molecular complexity index is 1000. The Hall–Kier alpha value is -2.10. The molecule has 0 saturated carbocycles. The molecule has 0 radical (unpaired) electrons. The summed E-state index contributed by atoms with van der Waals surface area (Å²) in [6.45, 7) is 4.70. The molecule has 7 nitrogen and oxygen atoms in total. The number of carbonyl (C=O) groups excluding carboxylic acids is 1. The molecule has 0 unspecified atom stereocenters. The number of carbonyl (C=O) groups is 1. The molecular formula is C18H21N5O2S2. The molecule has 0 aliphatic heterocycles. The molecule has 3 heterocycles. The molecule has 9 heteroatoms. The van der Waals surface area contributed by atoms with Crippen LogP contribution < -0.4 is 4.90 Å². The summed E-state index contributed by atoms with van der Waals surface area (Å²) in [4.78, 5) is 26.1. The van der Waals surface area contributed by atoms with Crippen LogP contribution in [0.1, 0.15) is 30.9 Å². The molecule has 142 valence electrons. The van der Waals surface area contributed by atoms with Gasteiger partial charge in [-0.15, -0.1) is 22.7 Å². The van der Waals surface area contributed by atoms with Crippen molar-refractivity contribution >= 4 is 33.7 Å². The van der Waals surface area contributed by atoms with Gasteiger partial charge in [0.2, 0.25) is 0 Å². The molecule has 1 aliphatic rings. The Morgan fingerprint density at radius 1 is 1.30 bits per heavy atom. The van der Waals surface area contributed by atoms with E-state index in [0.717, 1.165) is 34.8 Å². The normalized spacial score (nSPS) is 12.7. The van der Waals surface area contributed by atoms with Crippen molar-refractivity contribution < 1.29 is 9.53 Å². The van der Waals surface area contributed by atoms with Crippen molar-refractivity contribution in [2.45, 2.75) is 26.7 Å². The van der Waals surface area contributed by atoms with E-state index in [1.165, 1.54) is 21.9 Å². The van der Waals surface area contributed by atoms with Crippen LogP contribution in [0, 0.1) is 13.8 Å². The number of anilines is 1. The minimum Gasteiger partial charge on any atom is -0.383 e. The highest BCUT2D eigenvalue weighted by Gasteiger charge is 2.29. The lowest BCUT2D eigenvalue weighted by Crippen LogP contribution is -2.33. The van der Waals surface area contributed by atoms with E-state index in [2.05, 4.69) is 10.1 Å². The molecule has 1 amide bonds. The summed E-state index contributed by atoms with van der Waals surface area (Å²) < 4.78 is 7.15. The van der Waals surface area contributed by atoms with Crippen LogP contribution in [-0.2, 0) is 24.6 Å². The number of nitrogens with zero attached hydrogens (tertiary/aromatic N) is 5. The van der Waals surface area contributed by atoms with Crippen LogP contribution in [0.25, 0.3) is 11.3 Å². The van der Waals surface area contributed by atoms with Crippen molar-refractivity contribution in [2.24, 2.45) is 7.05 Å². The Morgan fingerprint density at radius 3 is 2.81 bits per heavy atom. The third-order valence-electron chi connectivity index (χ3n) is 4.68. The lowest BCUT2D eigenvalue weighted by atomic mass is 10.0. The average Bonchev–Trinajstić information content (AvgIpc) is 3.31. The first kappa shape index (κ1) is 18.3. The van der Waals surface area contributed by atoms with Crippen molar-refractivity contribution in [3.05, 3.63) is 32.3 Å². The quantitative estimate of drug-likeness (QED) is 0.655. The van der Waals surface area contributed by atoms with E-state index >= 15 is 0 Å². The molecule has 0 aromatic carbocycles. The molecule has 0 spiro atoms. The van der Waals surface area contributed by atoms with Crippen molar-refractivity contribution in [3.8, 4) is 11.3 Å². The Labute approximate surface area is 165 Å². The zero-order valence-electron chi connectivity index (χ0n) is 15.8. The van der Waals surface area contributed by atoms with Crippen LogP contribution in [-0.4, -0.2) is 45.9 Å². The topological polar surface area (TPSA) is 73.1 Å². The number of amides is 1. The van der Waals surface area contributed by atoms with Gasteiger partial charge in [0.05, 0.1) is 35.7 Å². The zero-order valence-corrected chi connectivity index (χ0v) is 17.4. The number of hydrogen-bond acceptors (Lipinski definition) is 7. The maximum Gasteiger partial charge on any atom is 0.272 e. The van der Waals surface area contributed by atoms with Crippen LogP contribution in [0.15, 0.2) is 6.20 Å². The second kappa shape index (κ2) is 7.14. The monoisotopic (exact) mass is 403 g/mol. The number of fused-ring (bicyclic) bond motifs is 3. The highest BCUT2D eigenvalue weighted by atomic mass is 32.1. The molecule has 0 N–H and O–H groups in total. The van der Waals surface area contributed by atoms with Gasteiger partial charge in [0.25, 0.3) is 5.91 Å². The average molecular weight is 404 g/mol. The van der Waals surface area contributed by atoms with Gasteiger partial charge in [-0.3, -0.25) is 14.4 Å². The third kappa shape index (κ3) is 3.19. The summed E-state index contributed by atoms with van der Waals surface area (Å²) in [5, 5.41) is 5.97. The van der Waals surface area contributed by atoms with Gasteiger partial charge in [0.15, 0.2) is 5.13 Å². The summed E-state index contributed by atoms with van der Waals surface area (Å²) in [7, 11) is 3.60. The highest BCUT2D eigenvalue weighted by molar-refractivity contribution is 7.16. The molecule has 1 aliphatic carbocycles. The van der Waals surface area contributed by atoms with E-state index in [4.69, 9.17) is 9.72 Å². The predicted octanol–water partition coefficient (Wildman–Crippen LogP) is 3.01. The number of hydrogen-bond donors (Lipinski definition) is 0. The molecule has 0 atom stereocenters. The highest BCUT2D eigenvalue weighted by Crippen LogP contribution is 2.39. The summed E-state index contributed by atoms with van der Waals surface area (Å²) in [6.07, 6.45) is 3.74. The minimum absolute atomic E-state index is 0.0624. The van der Waals surface area contributed by atoms with Crippen molar-refractivity contribution in [2.75, 3.05) is 25.2 Å². The largest absolute Gasteiger partial charge is 0.383 e. The van der Waals surface area contributed by atoms with Crippen molar-refractivity contribution in [1.82, 2.24) is 19.7 Å². The van der Waals surface area contributed by atoms with E-state index < -0.39 is 0 Å². The van der Waals surface area contributed by atoms with E-state index in [0.29, 0.717) is 23.2 Å². The lowest BCUT2D eigenvalue weighted by molar-refractivity contribution is 0.0979. The summed E-state index contributed by atoms with van der Waals surface area (Å²) >= 11 is 3.01. The van der Waals surface area contributed by atoms with Gasteiger partial charge >= 0.3 is 0 Å². The van der Waals surface area contributed by atoms with Crippen LogP contribution in [0.3, 0.4) is 0 Å². The molecule has 0 bridgehead atoms. The van der Waals surface area contributed by atoms with E-state index in [-0.39, 0.29) is 5.91 Å². The van der Waals surface area contributed by atoms with Crippen molar-refractivity contribution in [3.63, 3.8) is 0 Å². The molecular weight excluding hydrogens is 382 g/mol. The summed E-state index contributed by atoms with van der Waals surface area (Å²) in [5.41, 5.74) is 3.99. The smallest absolute Gasteiger partial charge is 0.272 e. The molecule has 0 saturated heterocycles. The first-order valence-electron chi connectivity index (χ1n) is 8.75. The van der Waals surface area contributed by atoms with Crippen LogP contribution in [0.5, 0.6) is 0 Å². The minimum atomic E-state index is -0.0624. The maximum atomic E-state index is 13.2. The van der Waals surface area contributed by atoms with Gasteiger partial charge < -0.3 is 4.74 Å². The Morgan fingerprint density at radius 2 is 2.11 bits per heavy atom. The standard InChI is InChI=1S/C18H21N5O2S2/c1-10-16(26-11(2)20-10)17(24)23(7-8-25-4)18-21-15-12-9-19-22(3)13(12)5-6-14(15)27-18/h9H,5-8H2,1-4H3. The fraction of sp³-hybridized carbons (Fsp3) is 0.444. The van der Waals surface area contributed by atoms with Crippen LogP contribution in [0.2, 0.25) is 0 Å². The fourth-order valence-electron chi connectivity index (χ4n) is 3.34. The maximum absolute atomic E-state index is 13.2. The number of aromatic nitrogens is 4. The second-order valence-electron chi connectivity index (χ2n) is 6.49. The van der Waals surface area contributed by atoms with E-state index in [9.17, 15) is 4.79 Å². The third-order valence-corrected chi connectivity index (χ3v) is 6.88. The van der Waals surface area contributed by atoms with Gasteiger partial charge in [-0.05, 0) is 26.7 Å². The zero-order chi connectivity index (χ0) is 19.1. The predicted molar refractivity (Wildman–Crippen MR) is 107 cm³/mol. The number of aryl methyl sites for hydroxylation is 4. The first-order valence-corrected chi connectivity index (χ1v) is 10.4. The Kier molecular flexibility index (Phi) is 4.83. The van der Waals surface area contributed by atoms with Gasteiger partial charge in [-0.1, -0.05) is 0 Å². The summed E-state index contributed by atoms with van der Waals surface area (Å²) in [5.74, 6) is -0.0624. The number of rotatable bonds is 5. The first-order chi connectivity index (χ1) is 13.0. The molecule has 3 aromatic heterocycles. The van der Waals surface area contributed by atoms with Gasteiger partial charge in [-0.2, -0.15) is 5.10 Å². The summed E-state index contributed by atoms with van der Waals surface area (Å²) in [6, 6.07) is 0. The van der Waals surface area contributed by atoms with E-state index in [1.54, 1.807) is 23.3 Å². The van der Waals surface area contributed by atoms with E-state index in [1.807, 2.05) is 31.8 Å². The SMILES string of the molecule is COCCN(C(=O)c1sc(C)nc1C)c1nc2c(s1)CCc1c-2cnn1C. The molecule has 4 rings (SSSR count). The lowest BCUT2D eigenvalue weighted by Gasteiger charge is -2.18. The van der Waals surface area contributed by atoms with Crippen LogP contribution >= 0.6 is 22.7 Å². The van der Waals surface area contributed by atoms with Gasteiger partial charge in [0, 0.05) is 30.3 Å². The van der Waals surface area contributed by atoms with Crippen LogP contribution in [0.4, 0.5) is 5.13 Å². The van der Waals surface area contributed by atoms with Crippen molar-refractivity contribution in [1.29, 1.82) is 0 Å². The molecule has 0 fully saturated rings. The number of methoxy groups -OCH3 is 1. The van der Waals surface area contributed by atoms with Gasteiger partial charge in [0.1, 0.15) is 4.88 Å². The fourth-order valence-corrected chi connectivity index (χ4v) is 5.31. The molecule has 27 heavy (non-hydrogen) atoms. The number of ether oxygens (including phenoxy) is 1. The molecule has 3 aromatic rings. The van der Waals surface area contributed by atoms with Gasteiger partial charge in [-0.25, -0.2) is 9.97 Å². The second-order valence-corrected chi connectivity index (χ2v) is 8.76. The number of thiazole rings is 2.